The summed E-state index contributed by atoms with van der Waals surface area (Å²) in [5, 5.41) is 2.01. The number of fused-ring (bicyclic) bond motifs is 4. The average molecular weight is 1000 g/mol. The Morgan fingerprint density at radius 2 is 1.48 bits per heavy atom. The normalized spacial score (nSPS) is 12.6. The van der Waals surface area contributed by atoms with Crippen LogP contribution >= 0.6 is 0 Å². The number of halogens is 2. The van der Waals surface area contributed by atoms with Crippen LogP contribution in [0.25, 0.3) is 72.4 Å². The quantitative estimate of drug-likeness (QED) is 0.156. The van der Waals surface area contributed by atoms with Crippen molar-refractivity contribution in [1.82, 2.24) is 19.5 Å². The SMILES string of the molecule is Cc1cc2nc(-c3[c-]ccc4c3oc3cc(-c5ccc(F)cc5)ccc34)n(-c3c(C(C)C)cccc3C(C)C)c2c(C)n1.[2H]C([2H])([2H])c1c[c-]c(-c2ccc(C(C)(C)C)cn2)c(F)c1.[Ir]. The molecule has 0 aliphatic heterocycles. The second-order valence-corrected chi connectivity index (χ2v) is 17.3. The third kappa shape index (κ3) is 8.51. The van der Waals surface area contributed by atoms with Crippen molar-refractivity contribution in [2.24, 2.45) is 0 Å². The molecular weight excluding hydrogens is 951 g/mol. The number of hydrogen-bond donors (Lipinski definition) is 0. The van der Waals surface area contributed by atoms with E-state index in [4.69, 9.17) is 18.5 Å². The summed E-state index contributed by atoms with van der Waals surface area (Å²) < 4.78 is 58.4. The van der Waals surface area contributed by atoms with Gasteiger partial charge in [-0.15, -0.1) is 42.0 Å². The van der Waals surface area contributed by atoms with E-state index in [1.165, 1.54) is 29.3 Å². The van der Waals surface area contributed by atoms with E-state index < -0.39 is 12.7 Å². The van der Waals surface area contributed by atoms with E-state index in [0.717, 1.165) is 84.2 Å². The topological polar surface area (TPSA) is 56.7 Å². The smallest absolute Gasteiger partial charge is 0.123 e. The van der Waals surface area contributed by atoms with Gasteiger partial charge in [-0.05, 0) is 88.9 Å². The number of benzene rings is 5. The number of aryl methyl sites for hydroxylation is 3. The fraction of sp³-hybridized carbons (Fsp3) is 0.241. The molecule has 0 spiro atoms. The number of hydrogen-bond acceptors (Lipinski definition) is 4. The van der Waals surface area contributed by atoms with Crippen molar-refractivity contribution < 1.29 is 37.4 Å². The minimum atomic E-state index is -2.33. The first kappa shape index (κ1) is 40.3. The number of nitrogens with zero attached hydrogens (tertiary/aromatic N) is 4. The van der Waals surface area contributed by atoms with E-state index in [-0.39, 0.29) is 42.5 Å². The first-order chi connectivity index (χ1) is 30.3. The number of rotatable bonds is 6. The van der Waals surface area contributed by atoms with Gasteiger partial charge in [0.25, 0.3) is 0 Å². The van der Waals surface area contributed by atoms with Crippen molar-refractivity contribution in [2.75, 3.05) is 0 Å². The molecule has 0 bridgehead atoms. The largest absolute Gasteiger partial charge is 0.501 e. The zero-order valence-electron chi connectivity index (χ0n) is 39.3. The van der Waals surface area contributed by atoms with Gasteiger partial charge in [0.1, 0.15) is 11.4 Å². The van der Waals surface area contributed by atoms with Crippen molar-refractivity contribution in [3.05, 3.63) is 167 Å². The summed E-state index contributed by atoms with van der Waals surface area (Å²) in [6.07, 6.45) is 1.71. The third-order valence-electron chi connectivity index (χ3n) is 11.1. The molecule has 5 aromatic carbocycles. The zero-order valence-corrected chi connectivity index (χ0v) is 38.7. The predicted octanol–water partition coefficient (Wildman–Crippen LogP) is 14.7. The molecule has 5 nitrogen and oxygen atoms in total. The molecule has 4 aromatic heterocycles. The summed E-state index contributed by atoms with van der Waals surface area (Å²) in [5.41, 5.74) is 13.2. The molecule has 0 fully saturated rings. The van der Waals surface area contributed by atoms with Crippen LogP contribution in [0.2, 0.25) is 0 Å². The summed E-state index contributed by atoms with van der Waals surface area (Å²) in [7, 11) is 0. The van der Waals surface area contributed by atoms with Crippen LogP contribution in [0.5, 0.6) is 0 Å². The standard InChI is InChI=1S/C38H33FN3O.C16H17FN.Ir/c1-21(2)28-9-7-10-29(22(3)4)36(28)42-35-24(6)40-23(5)19-33(35)41-38(42)32-12-8-11-31-30-18-15-26(20-34(30)43-37(31)32)25-13-16-27(39)17-14-25;1-11-5-7-13(14(17)9-11)15-8-6-12(10-18-15)16(2,3)4;/h7-11,13-22H,1-6H3;5-6,8-10H,1-4H3;/q2*-1;/i;1D3;. The number of furan rings is 1. The van der Waals surface area contributed by atoms with Crippen LogP contribution in [-0.2, 0) is 25.5 Å². The molecule has 317 valence electrons. The molecule has 4 heterocycles. The monoisotopic (exact) mass is 1000 g/mol. The molecule has 9 rings (SSSR count). The van der Waals surface area contributed by atoms with Gasteiger partial charge in [-0.3, -0.25) is 14.4 Å². The van der Waals surface area contributed by atoms with Gasteiger partial charge in [0.15, 0.2) is 0 Å². The molecular formula is C54H50F2IrN4O-2. The van der Waals surface area contributed by atoms with Crippen LogP contribution in [0.4, 0.5) is 8.78 Å². The molecule has 0 saturated carbocycles. The molecule has 0 aliphatic carbocycles. The summed E-state index contributed by atoms with van der Waals surface area (Å²) in [6.45, 7) is 16.9. The Kier molecular flexibility index (Phi) is 11.4. The zero-order chi connectivity index (χ0) is 45.8. The van der Waals surface area contributed by atoms with E-state index in [9.17, 15) is 8.78 Å². The fourth-order valence-corrected chi connectivity index (χ4v) is 7.97. The second kappa shape index (κ2) is 17.5. The van der Waals surface area contributed by atoms with Gasteiger partial charge >= 0.3 is 0 Å². The van der Waals surface area contributed by atoms with E-state index in [0.29, 0.717) is 17.5 Å². The molecule has 0 amide bonds. The van der Waals surface area contributed by atoms with Gasteiger partial charge in [0.05, 0.1) is 28.1 Å². The van der Waals surface area contributed by atoms with Gasteiger partial charge in [-0.25, -0.2) is 4.39 Å². The maximum absolute atomic E-state index is 14.1. The first-order valence-electron chi connectivity index (χ1n) is 22.1. The van der Waals surface area contributed by atoms with Gasteiger partial charge in [-0.1, -0.05) is 126 Å². The van der Waals surface area contributed by atoms with E-state index >= 15 is 0 Å². The van der Waals surface area contributed by atoms with E-state index in [1.54, 1.807) is 24.4 Å². The van der Waals surface area contributed by atoms with Crippen molar-refractivity contribution in [3.8, 4) is 39.5 Å². The number of pyridine rings is 2. The molecule has 0 atom stereocenters. The van der Waals surface area contributed by atoms with Gasteiger partial charge in [-0.2, -0.15) is 0 Å². The Balaban J connectivity index is 0.000000242. The van der Waals surface area contributed by atoms with E-state index in [1.807, 2.05) is 31.2 Å². The molecule has 0 aliphatic rings. The number of para-hydroxylation sites is 1. The summed E-state index contributed by atoms with van der Waals surface area (Å²) in [5.74, 6) is 0.502. The molecule has 0 saturated heterocycles. The molecule has 1 radical (unpaired) electrons. The van der Waals surface area contributed by atoms with Crippen LogP contribution in [0.3, 0.4) is 0 Å². The Morgan fingerprint density at radius 1 is 0.774 bits per heavy atom. The Labute approximate surface area is 380 Å². The Morgan fingerprint density at radius 3 is 2.11 bits per heavy atom. The molecule has 8 heteroatoms. The van der Waals surface area contributed by atoms with Crippen molar-refractivity contribution in [2.45, 2.75) is 86.4 Å². The maximum atomic E-state index is 14.1. The molecule has 62 heavy (non-hydrogen) atoms. The van der Waals surface area contributed by atoms with Gasteiger partial charge in [0.2, 0.25) is 0 Å². The summed E-state index contributed by atoms with van der Waals surface area (Å²) in [6, 6.07) is 37.5. The number of aromatic nitrogens is 4. The first-order valence-corrected chi connectivity index (χ1v) is 20.6. The van der Waals surface area contributed by atoms with E-state index in [2.05, 4.69) is 113 Å². The third-order valence-corrected chi connectivity index (χ3v) is 11.1. The van der Waals surface area contributed by atoms with Gasteiger partial charge in [0, 0.05) is 53.0 Å². The van der Waals surface area contributed by atoms with Crippen molar-refractivity contribution >= 4 is 33.0 Å². The fourth-order valence-electron chi connectivity index (χ4n) is 7.97. The minimum absolute atomic E-state index is 0. The Bertz CT molecular complexity index is 3160. The van der Waals surface area contributed by atoms with Crippen molar-refractivity contribution in [1.29, 1.82) is 0 Å². The van der Waals surface area contributed by atoms with Crippen molar-refractivity contribution in [3.63, 3.8) is 0 Å². The second-order valence-electron chi connectivity index (χ2n) is 17.3. The van der Waals surface area contributed by atoms with Crippen LogP contribution in [0, 0.1) is 44.5 Å². The number of imidazole rings is 1. The van der Waals surface area contributed by atoms with Crippen LogP contribution in [0.15, 0.2) is 114 Å². The summed E-state index contributed by atoms with van der Waals surface area (Å²) >= 11 is 0. The predicted molar refractivity (Wildman–Crippen MR) is 245 cm³/mol. The van der Waals surface area contributed by atoms with Crippen LogP contribution in [-0.4, -0.2) is 19.5 Å². The minimum Gasteiger partial charge on any atom is -0.501 e. The average Bonchev–Trinajstić information content (AvgIpc) is 3.81. The maximum Gasteiger partial charge on any atom is 0.123 e. The summed E-state index contributed by atoms with van der Waals surface area (Å²) in [4.78, 5) is 14.4. The Hall–Kier alpha value is -5.82. The molecule has 0 unspecified atom stereocenters. The molecule has 9 aromatic rings. The van der Waals surface area contributed by atoms with Gasteiger partial charge < -0.3 is 14.0 Å². The van der Waals surface area contributed by atoms with Crippen LogP contribution < -0.4 is 0 Å². The molecule has 0 N–H and O–H groups in total. The van der Waals surface area contributed by atoms with Crippen LogP contribution in [0.1, 0.15) is 98.1 Å².